The Labute approximate surface area is 321 Å². The summed E-state index contributed by atoms with van der Waals surface area (Å²) in [4.78, 5) is 12.7. The minimum absolute atomic E-state index is 0.0540. The van der Waals surface area contributed by atoms with Crippen LogP contribution in [0.3, 0.4) is 0 Å². The number of carbonyl (C=O) groups is 1. The summed E-state index contributed by atoms with van der Waals surface area (Å²) in [5, 5.41) is 94.2. The molecule has 312 valence electrons. The molecule has 7 rings (SSSR count). The van der Waals surface area contributed by atoms with Crippen LogP contribution in [0.2, 0.25) is 0 Å². The molecule has 20 unspecified atom stereocenters. The zero-order valence-corrected chi connectivity index (χ0v) is 32.2. The van der Waals surface area contributed by atoms with Gasteiger partial charge in [0.2, 0.25) is 0 Å². The SMILES string of the molecule is CC1=C(CO)CC(C(C)C2CCC3C4CC=C5CC(OC6OC(COC7OC(CO)C(O)C(O)C7O)C(O)C(O)C6O)CC(O)C5(C)C4CCC23C)OC1=O. The van der Waals surface area contributed by atoms with E-state index in [1.807, 2.05) is 0 Å². The number of rotatable bonds is 9. The van der Waals surface area contributed by atoms with Crippen LogP contribution in [0.1, 0.15) is 79.1 Å². The molecule has 3 heterocycles. The smallest absolute Gasteiger partial charge is 0.334 e. The van der Waals surface area contributed by atoms with Gasteiger partial charge < -0.3 is 69.6 Å². The van der Waals surface area contributed by atoms with E-state index in [4.69, 9.17) is 23.7 Å². The largest absolute Gasteiger partial charge is 0.458 e. The first-order chi connectivity index (χ1) is 26.0. The highest BCUT2D eigenvalue weighted by atomic mass is 16.7. The normalized spacial score (nSPS) is 50.7. The van der Waals surface area contributed by atoms with E-state index in [-0.39, 0.29) is 42.4 Å². The Balaban J connectivity index is 1.00. The van der Waals surface area contributed by atoms with Crippen molar-refractivity contribution in [2.45, 2.75) is 159 Å². The topological polar surface area (TPSA) is 245 Å². The zero-order chi connectivity index (χ0) is 39.7. The van der Waals surface area contributed by atoms with Gasteiger partial charge in [-0.05, 0) is 86.0 Å². The summed E-state index contributed by atoms with van der Waals surface area (Å²) >= 11 is 0. The van der Waals surface area contributed by atoms with Crippen LogP contribution in [0.25, 0.3) is 0 Å². The fourth-order valence-corrected chi connectivity index (χ4v) is 12.0. The summed E-state index contributed by atoms with van der Waals surface area (Å²) in [5.74, 6) is 1.26. The average molecular weight is 783 g/mol. The zero-order valence-electron chi connectivity index (χ0n) is 32.2. The van der Waals surface area contributed by atoms with Crippen molar-refractivity contribution in [2.24, 2.45) is 40.4 Å². The number of esters is 1. The van der Waals surface area contributed by atoms with Gasteiger partial charge in [0.25, 0.3) is 0 Å². The molecule has 0 spiro atoms. The Morgan fingerprint density at radius 3 is 2.22 bits per heavy atom. The maximum atomic E-state index is 12.7. The summed E-state index contributed by atoms with van der Waals surface area (Å²) in [7, 11) is 0. The summed E-state index contributed by atoms with van der Waals surface area (Å²) in [6.07, 6.45) is -8.19. The molecule has 0 aromatic carbocycles. The van der Waals surface area contributed by atoms with Crippen LogP contribution in [-0.2, 0) is 28.5 Å². The molecule has 15 nitrogen and oxygen atoms in total. The van der Waals surface area contributed by atoms with Crippen molar-refractivity contribution in [3.63, 3.8) is 0 Å². The van der Waals surface area contributed by atoms with Crippen LogP contribution in [0.4, 0.5) is 0 Å². The number of allylic oxidation sites excluding steroid dienone is 1. The van der Waals surface area contributed by atoms with E-state index in [2.05, 4.69) is 26.8 Å². The lowest BCUT2D eigenvalue weighted by Gasteiger charge is -2.60. The Hall–Kier alpha value is -1.57. The summed E-state index contributed by atoms with van der Waals surface area (Å²) in [5.41, 5.74) is 1.96. The second-order valence-electron chi connectivity index (χ2n) is 18.0. The molecule has 0 bridgehead atoms. The van der Waals surface area contributed by atoms with Gasteiger partial charge in [0.05, 0.1) is 32.0 Å². The van der Waals surface area contributed by atoms with Crippen LogP contribution in [0.15, 0.2) is 22.8 Å². The Bertz CT molecular complexity index is 1470. The van der Waals surface area contributed by atoms with Gasteiger partial charge in [-0.1, -0.05) is 32.4 Å². The monoisotopic (exact) mass is 782 g/mol. The minimum Gasteiger partial charge on any atom is -0.458 e. The Morgan fingerprint density at radius 2 is 1.53 bits per heavy atom. The molecular formula is C40H62O15. The van der Waals surface area contributed by atoms with Crippen LogP contribution in [0, 0.1) is 40.4 Å². The lowest BCUT2D eigenvalue weighted by Crippen LogP contribution is -2.62. The third kappa shape index (κ3) is 7.06. The molecule has 7 aliphatic rings. The molecule has 3 aliphatic heterocycles. The van der Waals surface area contributed by atoms with E-state index in [1.54, 1.807) is 6.92 Å². The highest BCUT2D eigenvalue weighted by molar-refractivity contribution is 5.89. The summed E-state index contributed by atoms with van der Waals surface area (Å²) in [6, 6.07) is 0. The molecule has 20 atom stereocenters. The van der Waals surface area contributed by atoms with E-state index in [1.165, 1.54) is 0 Å². The number of hydrogen-bond acceptors (Lipinski definition) is 15. The molecular weight excluding hydrogens is 720 g/mol. The van der Waals surface area contributed by atoms with Crippen molar-refractivity contribution in [1.82, 2.24) is 0 Å². The van der Waals surface area contributed by atoms with Crippen LogP contribution >= 0.6 is 0 Å². The van der Waals surface area contributed by atoms with Gasteiger partial charge in [-0.2, -0.15) is 0 Å². The number of carbonyl (C=O) groups excluding carboxylic acids is 1. The fourth-order valence-electron chi connectivity index (χ4n) is 12.0. The molecule has 4 aliphatic carbocycles. The number of ether oxygens (including phenoxy) is 5. The van der Waals surface area contributed by atoms with Gasteiger partial charge in [0, 0.05) is 23.8 Å². The van der Waals surface area contributed by atoms with E-state index < -0.39 is 92.2 Å². The van der Waals surface area contributed by atoms with Crippen molar-refractivity contribution in [3.8, 4) is 0 Å². The van der Waals surface area contributed by atoms with Crippen LogP contribution in [-0.4, -0.2) is 151 Å². The van der Waals surface area contributed by atoms with Crippen molar-refractivity contribution >= 4 is 5.97 Å². The molecule has 0 aromatic rings. The van der Waals surface area contributed by atoms with Crippen LogP contribution < -0.4 is 0 Å². The number of hydrogen-bond donors (Lipinski definition) is 9. The number of aliphatic hydroxyl groups is 9. The lowest BCUT2D eigenvalue weighted by atomic mass is 9.46. The molecule has 15 heteroatoms. The fraction of sp³-hybridized carbons (Fsp3) is 0.875. The molecule has 3 saturated carbocycles. The van der Waals surface area contributed by atoms with E-state index in [9.17, 15) is 50.8 Å². The predicted molar refractivity (Wildman–Crippen MR) is 191 cm³/mol. The van der Waals surface area contributed by atoms with Gasteiger partial charge in [0.1, 0.15) is 54.9 Å². The first-order valence-corrected chi connectivity index (χ1v) is 20.2. The minimum atomic E-state index is -1.68. The number of fused-ring (bicyclic) bond motifs is 5. The molecule has 5 fully saturated rings. The second kappa shape index (κ2) is 15.9. The molecule has 2 saturated heterocycles. The lowest BCUT2D eigenvalue weighted by molar-refractivity contribution is -0.337. The standard InChI is InChI=1S/C40H62O15/c1-17-19(14-41)11-26(53-36(17)50)18(2)23-7-8-24-22-6-5-20-12-21(13-29(43)40(20,4)25(22)9-10-39(23,24)3)52-38-35(49)33(47)31(45)28(55-38)16-51-37-34(48)32(46)30(44)27(15-42)54-37/h5,18,21-35,37-38,41-49H,6-16H2,1-4H3. The highest BCUT2D eigenvalue weighted by Gasteiger charge is 2.62. The molecule has 0 amide bonds. The van der Waals surface area contributed by atoms with E-state index in [0.717, 1.165) is 43.3 Å². The Morgan fingerprint density at radius 1 is 0.855 bits per heavy atom. The Kier molecular flexibility index (Phi) is 12.0. The number of aliphatic hydroxyl groups excluding tert-OH is 9. The first-order valence-electron chi connectivity index (χ1n) is 20.2. The van der Waals surface area contributed by atoms with Crippen molar-refractivity contribution in [2.75, 3.05) is 19.8 Å². The average Bonchev–Trinajstić information content (AvgIpc) is 3.52. The van der Waals surface area contributed by atoms with Crippen molar-refractivity contribution < 1.29 is 74.4 Å². The molecule has 0 radical (unpaired) electrons. The first kappa shape index (κ1) is 41.6. The van der Waals surface area contributed by atoms with Crippen LogP contribution in [0.5, 0.6) is 0 Å². The third-order valence-corrected chi connectivity index (χ3v) is 15.5. The van der Waals surface area contributed by atoms with Crippen molar-refractivity contribution in [3.05, 3.63) is 22.8 Å². The molecule has 0 aromatic heterocycles. The van der Waals surface area contributed by atoms with Gasteiger partial charge in [0.15, 0.2) is 12.6 Å². The highest BCUT2D eigenvalue weighted by Crippen LogP contribution is 2.67. The summed E-state index contributed by atoms with van der Waals surface area (Å²) < 4.78 is 29.0. The predicted octanol–water partition coefficient (Wildman–Crippen LogP) is -0.194. The molecule has 55 heavy (non-hydrogen) atoms. The van der Waals surface area contributed by atoms with Crippen molar-refractivity contribution in [1.29, 1.82) is 0 Å². The maximum Gasteiger partial charge on any atom is 0.334 e. The van der Waals surface area contributed by atoms with Gasteiger partial charge in [-0.3, -0.25) is 0 Å². The van der Waals surface area contributed by atoms with Gasteiger partial charge in [-0.15, -0.1) is 0 Å². The van der Waals surface area contributed by atoms with Gasteiger partial charge >= 0.3 is 5.97 Å². The van der Waals surface area contributed by atoms with Gasteiger partial charge in [-0.25, -0.2) is 4.79 Å². The summed E-state index contributed by atoms with van der Waals surface area (Å²) in [6.45, 7) is 7.25. The van der Waals surface area contributed by atoms with E-state index >= 15 is 0 Å². The number of cyclic esters (lactones) is 1. The quantitative estimate of drug-likeness (QED) is 0.109. The maximum absolute atomic E-state index is 12.7. The third-order valence-electron chi connectivity index (χ3n) is 15.5. The second-order valence-corrected chi connectivity index (χ2v) is 18.0. The molecule has 9 N–H and O–H groups in total. The van der Waals surface area contributed by atoms with E-state index in [0.29, 0.717) is 36.2 Å².